The maximum Gasteiger partial charge on any atom is 0.354 e. The van der Waals surface area contributed by atoms with Crippen LogP contribution in [0.2, 0.25) is 5.02 Å². The van der Waals surface area contributed by atoms with Gasteiger partial charge in [-0.3, -0.25) is 10.1 Å². The van der Waals surface area contributed by atoms with E-state index in [1.54, 1.807) is 18.2 Å². The van der Waals surface area contributed by atoms with Crippen molar-refractivity contribution in [2.24, 2.45) is 0 Å². The first-order chi connectivity index (χ1) is 15.0. The number of halogens is 1. The highest BCUT2D eigenvalue weighted by Crippen LogP contribution is 2.39. The lowest BCUT2D eigenvalue weighted by Crippen LogP contribution is -2.20. The largest absolute Gasteiger partial charge is 0.354 e. The smallest absolute Gasteiger partial charge is 0.334 e. The third kappa shape index (κ3) is 3.87. The molecular weight excluding hydrogens is 414 g/mol. The van der Waals surface area contributed by atoms with E-state index in [0.29, 0.717) is 17.3 Å². The molecule has 0 saturated carbocycles. The maximum atomic E-state index is 12.1. The van der Waals surface area contributed by atoms with Crippen molar-refractivity contribution in [2.45, 2.75) is 13.8 Å². The number of nitrogens with zero attached hydrogens (tertiary/aromatic N) is 4. The van der Waals surface area contributed by atoms with Crippen LogP contribution in [0.4, 0.5) is 28.7 Å². The zero-order valence-electron chi connectivity index (χ0n) is 17.0. The molecule has 0 saturated heterocycles. The Hall–Kier alpha value is -3.71. The van der Waals surface area contributed by atoms with Crippen molar-refractivity contribution in [2.75, 3.05) is 16.8 Å². The minimum atomic E-state index is -0.453. The molecule has 0 amide bonds. The Morgan fingerprint density at radius 3 is 2.58 bits per heavy atom. The Kier molecular flexibility index (Phi) is 5.68. The van der Waals surface area contributed by atoms with Gasteiger partial charge in [0, 0.05) is 22.6 Å². The fourth-order valence-electron chi connectivity index (χ4n) is 3.57. The monoisotopic (exact) mass is 433 g/mol. The zero-order chi connectivity index (χ0) is 22.0. The molecule has 8 heteroatoms. The fourth-order valence-corrected chi connectivity index (χ4v) is 3.75. The van der Waals surface area contributed by atoms with Gasteiger partial charge in [0.25, 0.3) is 0 Å². The molecule has 0 fully saturated rings. The van der Waals surface area contributed by atoms with Gasteiger partial charge in [0.05, 0.1) is 10.6 Å². The predicted octanol–water partition coefficient (Wildman–Crippen LogP) is 6.40. The summed E-state index contributed by atoms with van der Waals surface area (Å²) >= 11 is 6.21. The Balaban J connectivity index is 1.87. The molecule has 1 N–H and O–H groups in total. The van der Waals surface area contributed by atoms with Crippen molar-refractivity contribution in [3.05, 3.63) is 87.7 Å². The van der Waals surface area contributed by atoms with Gasteiger partial charge in [-0.1, -0.05) is 54.1 Å². The predicted molar refractivity (Wildman–Crippen MR) is 125 cm³/mol. The number of hydrogen-bond donors (Lipinski definition) is 1. The van der Waals surface area contributed by atoms with Crippen molar-refractivity contribution in [1.29, 1.82) is 0 Å². The third-order valence-corrected chi connectivity index (χ3v) is 5.55. The molecule has 0 atom stereocenters. The topological polar surface area (TPSA) is 84.2 Å². The fraction of sp³-hybridized carbons (Fsp3) is 0.130. The second-order valence-corrected chi connectivity index (χ2v) is 7.34. The van der Waals surface area contributed by atoms with Crippen LogP contribution in [0.15, 0.2) is 67.0 Å². The average molecular weight is 434 g/mol. The zero-order valence-corrected chi connectivity index (χ0v) is 17.8. The molecule has 0 unspecified atom stereocenters. The molecule has 0 aliphatic carbocycles. The van der Waals surface area contributed by atoms with Crippen LogP contribution in [0, 0.1) is 17.0 Å². The first-order valence-corrected chi connectivity index (χ1v) is 10.2. The minimum Gasteiger partial charge on any atom is -0.334 e. The second kappa shape index (κ2) is 8.57. The standard InChI is InChI=1S/C23H20ClN5O2/c1-3-28(20-13-6-9-16-8-4-5-10-17(16)20)23-21(29(30)31)22(25-14-26-23)27-19-12-7-11-18(24)15(19)2/h4-14H,3H2,1-2H3,(H,25,26,27). The Morgan fingerprint density at radius 1 is 1.06 bits per heavy atom. The molecule has 0 bridgehead atoms. The summed E-state index contributed by atoms with van der Waals surface area (Å²) in [5, 5.41) is 17.8. The molecule has 31 heavy (non-hydrogen) atoms. The molecule has 4 rings (SSSR count). The highest BCUT2D eigenvalue weighted by molar-refractivity contribution is 6.31. The van der Waals surface area contributed by atoms with Crippen LogP contribution in [-0.2, 0) is 0 Å². The molecule has 0 aliphatic heterocycles. The second-order valence-electron chi connectivity index (χ2n) is 6.93. The van der Waals surface area contributed by atoms with E-state index in [2.05, 4.69) is 15.3 Å². The molecule has 1 heterocycles. The van der Waals surface area contributed by atoms with E-state index in [1.807, 2.05) is 61.2 Å². The summed E-state index contributed by atoms with van der Waals surface area (Å²) in [6.45, 7) is 4.26. The van der Waals surface area contributed by atoms with Crippen molar-refractivity contribution in [3.8, 4) is 0 Å². The highest BCUT2D eigenvalue weighted by Gasteiger charge is 2.28. The van der Waals surface area contributed by atoms with E-state index in [4.69, 9.17) is 11.6 Å². The lowest BCUT2D eigenvalue weighted by atomic mass is 10.1. The van der Waals surface area contributed by atoms with Gasteiger partial charge in [-0.2, -0.15) is 0 Å². The summed E-state index contributed by atoms with van der Waals surface area (Å²) in [5.41, 5.74) is 2.07. The normalized spacial score (nSPS) is 10.8. The molecule has 3 aromatic carbocycles. The summed E-state index contributed by atoms with van der Waals surface area (Å²) in [6, 6.07) is 19.1. The Morgan fingerprint density at radius 2 is 1.81 bits per heavy atom. The number of benzene rings is 3. The van der Waals surface area contributed by atoms with E-state index in [0.717, 1.165) is 22.0 Å². The molecular formula is C23H20ClN5O2. The number of rotatable bonds is 6. The van der Waals surface area contributed by atoms with Crippen LogP contribution in [0.1, 0.15) is 12.5 Å². The van der Waals surface area contributed by atoms with Crippen LogP contribution in [0.25, 0.3) is 10.8 Å². The van der Waals surface area contributed by atoms with Crippen LogP contribution in [0.3, 0.4) is 0 Å². The van der Waals surface area contributed by atoms with Crippen molar-refractivity contribution in [1.82, 2.24) is 9.97 Å². The van der Waals surface area contributed by atoms with Gasteiger partial charge in [0.15, 0.2) is 0 Å². The van der Waals surface area contributed by atoms with E-state index in [-0.39, 0.29) is 17.3 Å². The summed E-state index contributed by atoms with van der Waals surface area (Å²) in [7, 11) is 0. The van der Waals surface area contributed by atoms with E-state index in [9.17, 15) is 10.1 Å². The van der Waals surface area contributed by atoms with Crippen molar-refractivity contribution < 1.29 is 4.92 Å². The number of nitrogens with one attached hydrogen (secondary N) is 1. The first kappa shape index (κ1) is 20.6. The molecule has 0 spiro atoms. The van der Waals surface area contributed by atoms with Gasteiger partial charge in [-0.15, -0.1) is 0 Å². The van der Waals surface area contributed by atoms with Crippen molar-refractivity contribution >= 4 is 51.1 Å². The molecule has 1 aromatic heterocycles. The third-order valence-electron chi connectivity index (χ3n) is 5.14. The lowest BCUT2D eigenvalue weighted by Gasteiger charge is -2.24. The Bertz CT molecular complexity index is 1270. The quantitative estimate of drug-likeness (QED) is 0.279. The number of aromatic nitrogens is 2. The van der Waals surface area contributed by atoms with Crippen LogP contribution in [0.5, 0.6) is 0 Å². The number of nitro groups is 1. The SMILES string of the molecule is CCN(c1ncnc(Nc2cccc(Cl)c2C)c1[N+](=O)[O-])c1cccc2ccccc12. The summed E-state index contributed by atoms with van der Waals surface area (Å²) in [6.07, 6.45) is 1.33. The van der Waals surface area contributed by atoms with Crippen molar-refractivity contribution in [3.63, 3.8) is 0 Å². The summed E-state index contributed by atoms with van der Waals surface area (Å²) in [5.74, 6) is 0.333. The van der Waals surface area contributed by atoms with Gasteiger partial charge in [-0.25, -0.2) is 9.97 Å². The Labute approximate surface area is 184 Å². The van der Waals surface area contributed by atoms with E-state index in [1.165, 1.54) is 6.33 Å². The van der Waals surface area contributed by atoms with Crippen LogP contribution < -0.4 is 10.2 Å². The van der Waals surface area contributed by atoms with E-state index < -0.39 is 4.92 Å². The van der Waals surface area contributed by atoms with Gasteiger partial charge >= 0.3 is 5.69 Å². The molecule has 4 aromatic rings. The maximum absolute atomic E-state index is 12.1. The highest BCUT2D eigenvalue weighted by atomic mass is 35.5. The number of fused-ring (bicyclic) bond motifs is 1. The van der Waals surface area contributed by atoms with Crippen LogP contribution in [-0.4, -0.2) is 21.4 Å². The van der Waals surface area contributed by atoms with Gasteiger partial charge in [-0.05, 0) is 43.0 Å². The van der Waals surface area contributed by atoms with E-state index >= 15 is 0 Å². The number of hydrogen-bond acceptors (Lipinski definition) is 6. The van der Waals surface area contributed by atoms with Gasteiger partial charge in [0.1, 0.15) is 6.33 Å². The van der Waals surface area contributed by atoms with Gasteiger partial charge in [0.2, 0.25) is 11.6 Å². The van der Waals surface area contributed by atoms with Crippen LogP contribution >= 0.6 is 11.6 Å². The summed E-state index contributed by atoms with van der Waals surface area (Å²) in [4.78, 5) is 22.0. The average Bonchev–Trinajstić information content (AvgIpc) is 2.77. The first-order valence-electron chi connectivity index (χ1n) is 9.78. The van der Waals surface area contributed by atoms with Gasteiger partial charge < -0.3 is 10.2 Å². The minimum absolute atomic E-state index is 0.110. The molecule has 7 nitrogen and oxygen atoms in total. The summed E-state index contributed by atoms with van der Waals surface area (Å²) < 4.78 is 0. The molecule has 0 radical (unpaired) electrons. The number of anilines is 4. The lowest BCUT2D eigenvalue weighted by molar-refractivity contribution is -0.383. The molecule has 0 aliphatic rings. The molecule has 156 valence electrons.